The fraction of sp³-hybridized carbons (Fsp3) is 0.796. The van der Waals surface area contributed by atoms with Gasteiger partial charge in [-0.3, -0.25) is 47.9 Å². The number of rotatable bonds is 22. The van der Waals surface area contributed by atoms with Gasteiger partial charge < -0.3 is 92.0 Å². The molecule has 27 nitrogen and oxygen atoms in total. The first-order valence-corrected chi connectivity index (χ1v) is 26.8. The Balaban J connectivity index is 2.63. The highest BCUT2D eigenvalue weighted by Crippen LogP contribution is 2.27. The molecule has 434 valence electrons. The molecule has 2 fully saturated rings. The number of hydrogen-bond donors (Lipinski definition) is 17. The molecule has 0 bridgehead atoms. The smallest absolute Gasteiger partial charge is 0.245 e. The van der Waals surface area contributed by atoms with Crippen LogP contribution in [-0.4, -0.2) is 175 Å². The molecule has 1 heterocycles. The maximum absolute atomic E-state index is 14.3. The lowest BCUT2D eigenvalue weighted by molar-refractivity contribution is -0.136. The topological polar surface area (TPSA) is 462 Å². The third kappa shape index (κ3) is 22.9. The minimum atomic E-state index is -1.65. The highest BCUT2D eigenvalue weighted by atomic mass is 16.3. The minimum absolute atomic E-state index is 0.0629. The van der Waals surface area contributed by atoms with Crippen molar-refractivity contribution >= 4 is 59.1 Å². The van der Waals surface area contributed by atoms with Gasteiger partial charge in [0.2, 0.25) is 59.1 Å². The Bertz CT molecular complexity index is 1920. The summed E-state index contributed by atoms with van der Waals surface area (Å²) in [5.41, 5.74) is 29.8. The number of nitrogens with one attached hydrogen (secondary N) is 10. The van der Waals surface area contributed by atoms with Gasteiger partial charge in [-0.15, -0.1) is 0 Å². The van der Waals surface area contributed by atoms with Crippen LogP contribution in [0, 0.1) is 17.8 Å². The average molecular weight is 1080 g/mol. The van der Waals surface area contributed by atoms with Gasteiger partial charge in [-0.1, -0.05) is 47.0 Å². The molecule has 3 unspecified atom stereocenters. The summed E-state index contributed by atoms with van der Waals surface area (Å²) in [5.74, 6) is -8.88. The molecule has 0 spiro atoms. The van der Waals surface area contributed by atoms with Gasteiger partial charge in [-0.25, -0.2) is 0 Å². The van der Waals surface area contributed by atoms with Crippen molar-refractivity contribution in [2.75, 3.05) is 32.7 Å². The third-order valence-electron chi connectivity index (χ3n) is 13.2. The van der Waals surface area contributed by atoms with E-state index in [9.17, 15) is 58.2 Å². The molecule has 1 saturated carbocycles. The van der Waals surface area contributed by atoms with Gasteiger partial charge in [0.05, 0.1) is 12.2 Å². The fourth-order valence-corrected chi connectivity index (χ4v) is 9.00. The molecule has 1 aliphatic carbocycles. The summed E-state index contributed by atoms with van der Waals surface area (Å²) in [6.45, 7) is 8.70. The van der Waals surface area contributed by atoms with E-state index >= 15 is 0 Å². The van der Waals surface area contributed by atoms with Crippen LogP contribution >= 0.6 is 0 Å². The zero-order valence-corrected chi connectivity index (χ0v) is 45.3. The lowest BCUT2D eigenvalue weighted by Gasteiger charge is -2.29. The number of aliphatic hydroxyl groups excluding tert-OH is 2. The standard InChI is InChI=1S/C49H91N15O12/c1-25(2)22-36-46(73)58-31(12-17-50)41(68)57-34(15-20-53)45(72)64-39(27(5)65)48(75)55-21-16-35(44(71)56-32(13-18-51)43(70)61-37(23-26(3)4)47(74)62-36)59-42(69)33(14-19-52)60-49(76)40(28(6)66)63-38(67)24-30(54)29-10-8-7-9-11-29/h25-37,39-40,65-66H,7-24,50-54H2,1-6H3,(H,55,75)(H,56,71)(H,57,68)(H,58,73)(H,59,69)(H,60,76)(H,61,70)(H,62,74)(H,63,67)(H,64,72)/t27?,28?,30?,31-,32-,33-,34-,35-,36-,37+,39-,40-/m0/s1. The Morgan fingerprint density at radius 2 is 1.01 bits per heavy atom. The monoisotopic (exact) mass is 1080 g/mol. The molecule has 2 rings (SSSR count). The second kappa shape index (κ2) is 34.2. The van der Waals surface area contributed by atoms with E-state index in [4.69, 9.17) is 28.7 Å². The van der Waals surface area contributed by atoms with Crippen LogP contribution in [0.2, 0.25) is 0 Å². The van der Waals surface area contributed by atoms with Crippen LogP contribution in [-0.2, 0) is 47.9 Å². The Kier molecular flexibility index (Phi) is 30.0. The van der Waals surface area contributed by atoms with Crippen molar-refractivity contribution in [3.05, 3.63) is 0 Å². The van der Waals surface area contributed by atoms with E-state index in [0.29, 0.717) is 0 Å². The van der Waals surface area contributed by atoms with Crippen molar-refractivity contribution in [1.82, 2.24) is 53.2 Å². The summed E-state index contributed by atoms with van der Waals surface area (Å²) in [7, 11) is 0. The van der Waals surface area contributed by atoms with Gasteiger partial charge >= 0.3 is 0 Å². The van der Waals surface area contributed by atoms with E-state index in [1.165, 1.54) is 13.8 Å². The van der Waals surface area contributed by atoms with Crippen molar-refractivity contribution in [2.45, 2.75) is 198 Å². The van der Waals surface area contributed by atoms with Crippen molar-refractivity contribution in [1.29, 1.82) is 0 Å². The molecule has 1 saturated heterocycles. The number of hydrogen-bond acceptors (Lipinski definition) is 17. The van der Waals surface area contributed by atoms with E-state index in [2.05, 4.69) is 53.2 Å². The molecule has 10 amide bonds. The molecule has 2 aliphatic rings. The first-order valence-electron chi connectivity index (χ1n) is 26.8. The molecule has 12 atom stereocenters. The van der Waals surface area contributed by atoms with Crippen LogP contribution in [0.3, 0.4) is 0 Å². The van der Waals surface area contributed by atoms with Gasteiger partial charge in [0, 0.05) is 19.0 Å². The summed E-state index contributed by atoms with van der Waals surface area (Å²) < 4.78 is 0. The van der Waals surface area contributed by atoms with E-state index in [0.717, 1.165) is 32.1 Å². The first-order chi connectivity index (χ1) is 35.9. The molecule has 1 aliphatic heterocycles. The predicted octanol–water partition coefficient (Wildman–Crippen LogP) is -5.58. The molecule has 27 heteroatoms. The van der Waals surface area contributed by atoms with Crippen molar-refractivity contribution in [2.24, 2.45) is 46.4 Å². The molecule has 0 radical (unpaired) electrons. The molecule has 76 heavy (non-hydrogen) atoms. The first kappa shape index (κ1) is 66.5. The zero-order valence-electron chi connectivity index (χ0n) is 45.3. The quantitative estimate of drug-likeness (QED) is 0.0481. The minimum Gasteiger partial charge on any atom is -0.391 e. The molecule has 0 aromatic heterocycles. The Labute approximate surface area is 446 Å². The van der Waals surface area contributed by atoms with Gasteiger partial charge in [-0.2, -0.15) is 0 Å². The van der Waals surface area contributed by atoms with Crippen LogP contribution < -0.4 is 81.8 Å². The van der Waals surface area contributed by atoms with Crippen LogP contribution in [0.1, 0.15) is 125 Å². The Morgan fingerprint density at radius 3 is 1.45 bits per heavy atom. The van der Waals surface area contributed by atoms with Gasteiger partial charge in [0.25, 0.3) is 0 Å². The summed E-state index contributed by atoms with van der Waals surface area (Å²) in [4.78, 5) is 139. The summed E-state index contributed by atoms with van der Waals surface area (Å²) >= 11 is 0. The predicted molar refractivity (Wildman–Crippen MR) is 281 cm³/mol. The van der Waals surface area contributed by atoms with E-state index in [-0.39, 0.29) is 88.9 Å². The van der Waals surface area contributed by atoms with Gasteiger partial charge in [0.1, 0.15) is 54.4 Å². The highest BCUT2D eigenvalue weighted by molar-refractivity contribution is 5.98. The third-order valence-corrected chi connectivity index (χ3v) is 13.2. The number of carbonyl (C=O) groups excluding carboxylic acids is 10. The number of nitrogens with two attached hydrogens (primary N) is 5. The average Bonchev–Trinajstić information content (AvgIpc) is 3.34. The second-order valence-corrected chi connectivity index (χ2v) is 20.9. The highest BCUT2D eigenvalue weighted by Gasteiger charge is 2.37. The molecular weight excluding hydrogens is 991 g/mol. The van der Waals surface area contributed by atoms with E-state index in [1.807, 2.05) is 0 Å². The normalized spacial score (nSPS) is 25.5. The number of aliphatic hydroxyl groups is 2. The maximum Gasteiger partial charge on any atom is 0.245 e. The van der Waals surface area contributed by atoms with Gasteiger partial charge in [-0.05, 0) is 116 Å². The lowest BCUT2D eigenvalue weighted by Crippen LogP contribution is -2.61. The number of amides is 10. The fourth-order valence-electron chi connectivity index (χ4n) is 9.00. The van der Waals surface area contributed by atoms with Crippen LogP contribution in [0.25, 0.3) is 0 Å². The van der Waals surface area contributed by atoms with Gasteiger partial charge in [0.15, 0.2) is 0 Å². The lowest BCUT2D eigenvalue weighted by atomic mass is 9.83. The van der Waals surface area contributed by atoms with Crippen molar-refractivity contribution < 1.29 is 58.2 Å². The molecular formula is C49H91N15O12. The van der Waals surface area contributed by atoms with E-state index < -0.39 is 145 Å². The van der Waals surface area contributed by atoms with Crippen LogP contribution in [0.4, 0.5) is 0 Å². The second-order valence-electron chi connectivity index (χ2n) is 20.9. The molecule has 0 aromatic rings. The molecule has 0 aromatic carbocycles. The Morgan fingerprint density at radius 1 is 0.566 bits per heavy atom. The maximum atomic E-state index is 14.3. The SMILES string of the molecule is CC(C)C[C@@H]1NC(=O)[C@@H](CC(C)C)NC(=O)[C@H](CCN)NC(=O)[C@@H](NC(=O)[C@H](CCN)NC(=O)[C@@H](NC(=O)CC(N)C2CCCCC2)C(C)O)CCNC(=O)[C@H](C(C)O)NC(=O)[C@H](CCN)NC(=O)[C@H](CCN)NC1=O. The van der Waals surface area contributed by atoms with Crippen LogP contribution in [0.5, 0.6) is 0 Å². The summed E-state index contributed by atoms with van der Waals surface area (Å²) in [6, 6.07) is -13.4. The number of carbonyl (C=O) groups is 10. The largest absolute Gasteiger partial charge is 0.391 e. The van der Waals surface area contributed by atoms with Crippen molar-refractivity contribution in [3.8, 4) is 0 Å². The Hall–Kier alpha value is -5.58. The molecule has 22 N–H and O–H groups in total. The van der Waals surface area contributed by atoms with Crippen molar-refractivity contribution in [3.63, 3.8) is 0 Å². The van der Waals surface area contributed by atoms with E-state index in [1.54, 1.807) is 27.7 Å². The van der Waals surface area contributed by atoms with Crippen LogP contribution in [0.15, 0.2) is 0 Å². The summed E-state index contributed by atoms with van der Waals surface area (Å²) in [5, 5.41) is 46.9. The zero-order chi connectivity index (χ0) is 57.2. The summed E-state index contributed by atoms with van der Waals surface area (Å²) in [6.07, 6.45) is 0.801.